The minimum absolute atomic E-state index is 0.0230. The fourth-order valence-electron chi connectivity index (χ4n) is 1.70. The van der Waals surface area contributed by atoms with Crippen molar-refractivity contribution in [3.05, 3.63) is 41.8 Å². The Labute approximate surface area is 105 Å². The maximum Gasteiger partial charge on any atom is 0.150 e. The quantitative estimate of drug-likeness (QED) is 0.849. The van der Waals surface area contributed by atoms with Gasteiger partial charge >= 0.3 is 0 Å². The average Bonchev–Trinajstić information content (AvgIpc) is 2.89. The Morgan fingerprint density at radius 1 is 1.44 bits per heavy atom. The molecule has 0 bridgehead atoms. The number of aromatic nitrogens is 1. The van der Waals surface area contributed by atoms with Gasteiger partial charge in [-0.05, 0) is 25.1 Å². The van der Waals surface area contributed by atoms with E-state index < -0.39 is 0 Å². The van der Waals surface area contributed by atoms with Crippen LogP contribution in [0.2, 0.25) is 0 Å². The van der Waals surface area contributed by atoms with Gasteiger partial charge in [0.25, 0.3) is 0 Å². The van der Waals surface area contributed by atoms with Gasteiger partial charge in [0.1, 0.15) is 17.3 Å². The summed E-state index contributed by atoms with van der Waals surface area (Å²) in [6, 6.07) is 6.94. The normalized spacial score (nSPS) is 12.3. The molecule has 1 atom stereocenters. The van der Waals surface area contributed by atoms with Gasteiger partial charge in [0.2, 0.25) is 0 Å². The second kappa shape index (κ2) is 5.55. The van der Waals surface area contributed by atoms with Crippen molar-refractivity contribution in [2.45, 2.75) is 19.5 Å². The van der Waals surface area contributed by atoms with E-state index in [1.54, 1.807) is 31.5 Å². The number of nitrogens with one attached hydrogen (secondary N) is 1. The molecule has 1 aromatic carbocycles. The highest BCUT2D eigenvalue weighted by molar-refractivity contribution is 5.41. The Balaban J connectivity index is 2.05. The number of aromatic hydroxyl groups is 1. The average molecular weight is 248 g/mol. The van der Waals surface area contributed by atoms with Crippen LogP contribution in [0.4, 0.5) is 0 Å². The number of rotatable bonds is 5. The van der Waals surface area contributed by atoms with Crippen molar-refractivity contribution >= 4 is 0 Å². The van der Waals surface area contributed by atoms with Gasteiger partial charge in [0.15, 0.2) is 0 Å². The summed E-state index contributed by atoms with van der Waals surface area (Å²) >= 11 is 0. The van der Waals surface area contributed by atoms with Crippen LogP contribution in [0.1, 0.15) is 24.3 Å². The van der Waals surface area contributed by atoms with Crippen molar-refractivity contribution in [3.63, 3.8) is 0 Å². The lowest BCUT2D eigenvalue weighted by Gasteiger charge is -2.15. The zero-order valence-corrected chi connectivity index (χ0v) is 10.4. The summed E-state index contributed by atoms with van der Waals surface area (Å²) in [5, 5.41) is 16.7. The van der Waals surface area contributed by atoms with Crippen molar-refractivity contribution in [1.29, 1.82) is 0 Å². The molecule has 1 unspecified atom stereocenters. The van der Waals surface area contributed by atoms with Crippen molar-refractivity contribution in [3.8, 4) is 11.5 Å². The highest BCUT2D eigenvalue weighted by Crippen LogP contribution is 2.28. The van der Waals surface area contributed by atoms with E-state index in [0.29, 0.717) is 6.54 Å². The lowest BCUT2D eigenvalue weighted by atomic mass is 10.1. The van der Waals surface area contributed by atoms with E-state index in [0.717, 1.165) is 17.1 Å². The Bertz CT molecular complexity index is 497. The lowest BCUT2D eigenvalue weighted by Crippen LogP contribution is -2.17. The lowest BCUT2D eigenvalue weighted by molar-refractivity contribution is 0.363. The van der Waals surface area contributed by atoms with Crippen LogP contribution in [0.3, 0.4) is 0 Å². The largest absolute Gasteiger partial charge is 0.508 e. The molecule has 0 radical (unpaired) electrons. The maximum absolute atomic E-state index is 9.83. The van der Waals surface area contributed by atoms with E-state index in [9.17, 15) is 5.11 Å². The number of benzene rings is 1. The van der Waals surface area contributed by atoms with E-state index in [4.69, 9.17) is 9.26 Å². The molecule has 0 amide bonds. The van der Waals surface area contributed by atoms with Crippen LogP contribution in [0, 0.1) is 0 Å². The maximum atomic E-state index is 9.83. The number of phenols is 1. The van der Waals surface area contributed by atoms with Gasteiger partial charge in [0, 0.05) is 17.7 Å². The molecule has 2 rings (SSSR count). The van der Waals surface area contributed by atoms with Gasteiger partial charge < -0.3 is 19.7 Å². The van der Waals surface area contributed by atoms with E-state index >= 15 is 0 Å². The SMILES string of the molecule is COc1ccc(O)c(C(C)NCc2ccno2)c1. The van der Waals surface area contributed by atoms with Crippen molar-refractivity contribution in [2.75, 3.05) is 7.11 Å². The standard InChI is InChI=1S/C13H16N2O3/c1-9(14-8-11-5-6-15-18-11)12-7-10(17-2)3-4-13(12)16/h3-7,9,14,16H,8H2,1-2H3. The van der Waals surface area contributed by atoms with Gasteiger partial charge in [-0.1, -0.05) is 5.16 Å². The van der Waals surface area contributed by atoms with Crippen LogP contribution in [-0.2, 0) is 6.54 Å². The molecule has 0 fully saturated rings. The van der Waals surface area contributed by atoms with Crippen molar-refractivity contribution in [1.82, 2.24) is 10.5 Å². The van der Waals surface area contributed by atoms with Crippen LogP contribution in [0.25, 0.3) is 0 Å². The van der Waals surface area contributed by atoms with Gasteiger partial charge in [-0.25, -0.2) is 0 Å². The first-order valence-corrected chi connectivity index (χ1v) is 5.70. The molecule has 0 saturated carbocycles. The Hall–Kier alpha value is -2.01. The number of hydrogen-bond acceptors (Lipinski definition) is 5. The molecular weight excluding hydrogens is 232 g/mol. The van der Waals surface area contributed by atoms with Gasteiger partial charge in [0.05, 0.1) is 19.9 Å². The molecular formula is C13H16N2O3. The number of ether oxygens (including phenoxy) is 1. The molecule has 5 heteroatoms. The fraction of sp³-hybridized carbons (Fsp3) is 0.308. The first-order valence-electron chi connectivity index (χ1n) is 5.70. The topological polar surface area (TPSA) is 67.5 Å². The van der Waals surface area contributed by atoms with Crippen LogP contribution in [0.5, 0.6) is 11.5 Å². The minimum Gasteiger partial charge on any atom is -0.508 e. The zero-order chi connectivity index (χ0) is 13.0. The number of nitrogens with zero attached hydrogens (tertiary/aromatic N) is 1. The zero-order valence-electron chi connectivity index (χ0n) is 10.4. The molecule has 0 aliphatic rings. The Morgan fingerprint density at radius 2 is 2.28 bits per heavy atom. The summed E-state index contributed by atoms with van der Waals surface area (Å²) in [4.78, 5) is 0. The van der Waals surface area contributed by atoms with E-state index in [2.05, 4.69) is 10.5 Å². The molecule has 18 heavy (non-hydrogen) atoms. The molecule has 5 nitrogen and oxygen atoms in total. The second-order valence-corrected chi connectivity index (χ2v) is 4.01. The monoisotopic (exact) mass is 248 g/mol. The van der Waals surface area contributed by atoms with Crippen LogP contribution in [-0.4, -0.2) is 17.4 Å². The summed E-state index contributed by atoms with van der Waals surface area (Å²) in [7, 11) is 1.60. The first-order chi connectivity index (χ1) is 8.70. The number of phenolic OH excluding ortho intramolecular Hbond substituents is 1. The van der Waals surface area contributed by atoms with Gasteiger partial charge in [-0.3, -0.25) is 0 Å². The summed E-state index contributed by atoms with van der Waals surface area (Å²) in [6.07, 6.45) is 1.60. The molecule has 0 spiro atoms. The Kier molecular flexibility index (Phi) is 3.84. The smallest absolute Gasteiger partial charge is 0.150 e. The van der Waals surface area contributed by atoms with Crippen LogP contribution < -0.4 is 10.1 Å². The van der Waals surface area contributed by atoms with Crippen LogP contribution in [0.15, 0.2) is 35.0 Å². The third-order valence-corrected chi connectivity index (χ3v) is 2.77. The highest BCUT2D eigenvalue weighted by Gasteiger charge is 2.11. The first kappa shape index (κ1) is 12.4. The van der Waals surface area contributed by atoms with Crippen molar-refractivity contribution in [2.24, 2.45) is 0 Å². The highest BCUT2D eigenvalue weighted by atomic mass is 16.5. The Morgan fingerprint density at radius 3 is 2.94 bits per heavy atom. The molecule has 2 aromatic rings. The van der Waals surface area contributed by atoms with E-state index in [1.807, 2.05) is 13.0 Å². The molecule has 0 aliphatic heterocycles. The summed E-state index contributed by atoms with van der Waals surface area (Å²) in [6.45, 7) is 2.52. The molecule has 96 valence electrons. The second-order valence-electron chi connectivity index (χ2n) is 4.01. The number of hydrogen-bond donors (Lipinski definition) is 2. The number of methoxy groups -OCH3 is 1. The molecule has 2 N–H and O–H groups in total. The summed E-state index contributed by atoms with van der Waals surface area (Å²) in [5.74, 6) is 1.72. The van der Waals surface area contributed by atoms with E-state index in [-0.39, 0.29) is 11.8 Å². The molecule has 0 aliphatic carbocycles. The summed E-state index contributed by atoms with van der Waals surface area (Å²) < 4.78 is 10.1. The predicted molar refractivity (Wildman–Crippen MR) is 66.4 cm³/mol. The fourth-order valence-corrected chi connectivity index (χ4v) is 1.70. The van der Waals surface area contributed by atoms with Gasteiger partial charge in [-0.15, -0.1) is 0 Å². The molecule has 1 aromatic heterocycles. The van der Waals surface area contributed by atoms with Crippen LogP contribution >= 0.6 is 0 Å². The molecule has 0 saturated heterocycles. The molecule has 1 heterocycles. The van der Waals surface area contributed by atoms with Gasteiger partial charge in [-0.2, -0.15) is 0 Å². The third-order valence-electron chi connectivity index (χ3n) is 2.77. The summed E-state index contributed by atoms with van der Waals surface area (Å²) in [5.41, 5.74) is 0.786. The van der Waals surface area contributed by atoms with E-state index in [1.165, 1.54) is 0 Å². The third kappa shape index (κ3) is 2.81. The predicted octanol–water partition coefficient (Wildman–Crippen LogP) is 2.24. The van der Waals surface area contributed by atoms with Crippen molar-refractivity contribution < 1.29 is 14.4 Å². The minimum atomic E-state index is -0.0230.